The number of aromatic hydroxyl groups is 3. The lowest BCUT2D eigenvalue weighted by Gasteiger charge is -2.45. The van der Waals surface area contributed by atoms with Crippen LogP contribution in [0.5, 0.6) is 28.7 Å². The monoisotopic (exact) mass is 902 g/mol. The van der Waals surface area contributed by atoms with Gasteiger partial charge in [-0.15, -0.1) is 0 Å². The molecule has 1 aromatic heterocycles. The quantitative estimate of drug-likeness (QED) is 0.0543. The fourth-order valence-corrected chi connectivity index (χ4v) is 7.26. The van der Waals surface area contributed by atoms with Gasteiger partial charge in [0, 0.05) is 23.8 Å². The summed E-state index contributed by atoms with van der Waals surface area (Å²) < 4.78 is 46.1. The Morgan fingerprint density at radius 3 is 1.86 bits per heavy atom. The molecule has 346 valence electrons. The van der Waals surface area contributed by atoms with Crippen LogP contribution in [-0.2, 0) is 28.5 Å². The van der Waals surface area contributed by atoms with Crippen molar-refractivity contribution in [3.63, 3.8) is 0 Å². The number of hydrogen-bond acceptors (Lipinski definition) is 22. The predicted molar refractivity (Wildman–Crippen MR) is 212 cm³/mol. The van der Waals surface area contributed by atoms with Crippen molar-refractivity contribution in [2.45, 2.75) is 99.0 Å². The molecule has 64 heavy (non-hydrogen) atoms. The minimum absolute atomic E-state index is 0.0143. The Kier molecular flexibility index (Phi) is 14.1. The van der Waals surface area contributed by atoms with Crippen molar-refractivity contribution < 1.29 is 104 Å². The number of fused-ring (bicyclic) bond motifs is 1. The molecule has 7 rings (SSSR count). The molecule has 3 aliphatic rings. The minimum atomic E-state index is -1.98. The van der Waals surface area contributed by atoms with E-state index in [9.17, 15) is 70.9 Å². The van der Waals surface area contributed by atoms with E-state index in [1.807, 2.05) is 0 Å². The molecule has 3 fully saturated rings. The molecule has 22 heteroatoms. The highest BCUT2D eigenvalue weighted by atomic mass is 16.8. The molecule has 4 aromatic rings. The van der Waals surface area contributed by atoms with E-state index in [-0.39, 0.29) is 22.8 Å². The van der Waals surface area contributed by atoms with Gasteiger partial charge in [0.15, 0.2) is 24.3 Å². The third-order valence-corrected chi connectivity index (χ3v) is 10.8. The maximum absolute atomic E-state index is 14.5. The largest absolute Gasteiger partial charge is 0.508 e. The number of aliphatic hydroxyl groups is 9. The Labute approximate surface area is 361 Å². The van der Waals surface area contributed by atoms with Gasteiger partial charge in [-0.05, 0) is 55.0 Å². The molecule has 0 spiro atoms. The molecule has 3 saturated heterocycles. The van der Waals surface area contributed by atoms with Crippen LogP contribution in [0.2, 0.25) is 0 Å². The smallest absolute Gasteiger partial charge is 0.331 e. The summed E-state index contributed by atoms with van der Waals surface area (Å²) in [5.74, 6) is -3.51. The molecule has 12 N–H and O–H groups in total. The van der Waals surface area contributed by atoms with Crippen LogP contribution in [0.15, 0.2) is 76.0 Å². The molecule has 0 aliphatic carbocycles. The SMILES string of the molecule is C[C@H]1O[C@H](O[C@H]2[C@H](Oc3c(-c4ccc(O)cc4)oc4cc(O[C@@H]5O[C@H](CO)[C@@H](O)[C@H](O)[C@H]5OC(=O)/C=C/c5ccc(O)cc5)cc(O)c4c3=O)O[C@H](CO)[C@@H](O)[C@@H]2O)[C@@H](O)[C@@H](O)[C@@H]1O. The van der Waals surface area contributed by atoms with E-state index >= 15 is 0 Å². The highest BCUT2D eigenvalue weighted by molar-refractivity contribution is 5.89. The standard InChI is InChI=1S/C42H46O22/c1-16-28(49)32(53)35(56)40(57-16)64-39-34(55)30(51)25(15-44)61-42(39)63-37-31(52)27-22(47)12-21(13-23(27)59-36(37)18-5-9-20(46)10-6-18)58-41-38(33(54)29(50)24(14-43)60-41)62-26(48)11-4-17-2-7-19(45)8-3-17/h2-13,16,24-25,28-30,32-35,38-47,49-51,53-56H,14-15H2,1H3/b11-4+/t16-,24-,25-,28-,29-,30-,32+,33+,34+,35+,38-,39-,40-,41-,42+/m1/s1. The van der Waals surface area contributed by atoms with Gasteiger partial charge < -0.3 is 98.9 Å². The Hall–Kier alpha value is -5.44. The normalized spacial score (nSPS) is 33.2. The fraction of sp³-hybridized carbons (Fsp3) is 0.429. The van der Waals surface area contributed by atoms with Crippen molar-refractivity contribution in [2.75, 3.05) is 13.2 Å². The maximum atomic E-state index is 14.5. The number of carbonyl (C=O) groups excluding carboxylic acids is 1. The molecule has 3 aromatic carbocycles. The first-order chi connectivity index (χ1) is 30.5. The molecule has 22 nitrogen and oxygen atoms in total. The third kappa shape index (κ3) is 9.50. The van der Waals surface area contributed by atoms with Crippen molar-refractivity contribution in [2.24, 2.45) is 0 Å². The van der Waals surface area contributed by atoms with Gasteiger partial charge in [-0.1, -0.05) is 12.1 Å². The van der Waals surface area contributed by atoms with Gasteiger partial charge in [0.25, 0.3) is 0 Å². The van der Waals surface area contributed by atoms with Crippen LogP contribution < -0.4 is 14.9 Å². The van der Waals surface area contributed by atoms with Gasteiger partial charge in [-0.25, -0.2) is 4.79 Å². The zero-order chi connectivity index (χ0) is 46.1. The number of benzene rings is 3. The summed E-state index contributed by atoms with van der Waals surface area (Å²) in [6.45, 7) is -0.344. The highest BCUT2D eigenvalue weighted by Crippen LogP contribution is 2.39. The molecule has 0 bridgehead atoms. The van der Waals surface area contributed by atoms with Crippen LogP contribution in [0.25, 0.3) is 28.4 Å². The molecular weight excluding hydrogens is 856 g/mol. The second kappa shape index (κ2) is 19.3. The van der Waals surface area contributed by atoms with Gasteiger partial charge in [0.05, 0.1) is 19.3 Å². The second-order valence-electron chi connectivity index (χ2n) is 15.2. The van der Waals surface area contributed by atoms with Gasteiger partial charge in [-0.3, -0.25) is 4.79 Å². The van der Waals surface area contributed by atoms with E-state index in [1.165, 1.54) is 61.5 Å². The van der Waals surface area contributed by atoms with Gasteiger partial charge >= 0.3 is 5.97 Å². The zero-order valence-corrected chi connectivity index (χ0v) is 33.5. The Morgan fingerprint density at radius 1 is 0.672 bits per heavy atom. The van der Waals surface area contributed by atoms with E-state index in [0.29, 0.717) is 5.56 Å². The van der Waals surface area contributed by atoms with Gasteiger partial charge in [0.1, 0.15) is 88.9 Å². The number of phenolic OH excluding ortho intramolecular Hbond substituents is 3. The summed E-state index contributed by atoms with van der Waals surface area (Å²) in [6, 6.07) is 12.8. The maximum Gasteiger partial charge on any atom is 0.331 e. The van der Waals surface area contributed by atoms with Crippen LogP contribution in [-0.4, -0.2) is 173 Å². The Balaban J connectivity index is 1.24. The highest BCUT2D eigenvalue weighted by Gasteiger charge is 2.52. The van der Waals surface area contributed by atoms with Crippen molar-refractivity contribution in [3.05, 3.63) is 82.5 Å². The van der Waals surface area contributed by atoms with Crippen molar-refractivity contribution in [1.82, 2.24) is 0 Å². The molecule has 15 atom stereocenters. The van der Waals surface area contributed by atoms with Gasteiger partial charge in [0.2, 0.25) is 23.8 Å². The molecular formula is C42H46O22. The number of rotatable bonds is 12. The zero-order valence-electron chi connectivity index (χ0n) is 33.5. The number of esters is 1. The van der Waals surface area contributed by atoms with E-state index < -0.39 is 145 Å². The summed E-state index contributed by atoms with van der Waals surface area (Å²) in [4.78, 5) is 27.4. The molecule has 4 heterocycles. The van der Waals surface area contributed by atoms with Gasteiger partial charge in [-0.2, -0.15) is 0 Å². The molecule has 3 aliphatic heterocycles. The first kappa shape index (κ1) is 46.5. The number of phenols is 3. The lowest BCUT2D eigenvalue weighted by molar-refractivity contribution is -0.354. The van der Waals surface area contributed by atoms with Crippen LogP contribution >= 0.6 is 0 Å². The second-order valence-corrected chi connectivity index (χ2v) is 15.2. The topological polar surface area (TPSA) is 355 Å². The van der Waals surface area contributed by atoms with Crippen LogP contribution in [0.3, 0.4) is 0 Å². The Bertz CT molecular complexity index is 2340. The lowest BCUT2D eigenvalue weighted by atomic mass is 9.97. The first-order valence-electron chi connectivity index (χ1n) is 19.7. The number of carbonyl (C=O) groups is 1. The number of ether oxygens (including phenoxy) is 7. The number of aliphatic hydroxyl groups excluding tert-OH is 9. The third-order valence-electron chi connectivity index (χ3n) is 10.8. The molecule has 0 amide bonds. The van der Waals surface area contributed by atoms with Crippen LogP contribution in [0.1, 0.15) is 12.5 Å². The average molecular weight is 903 g/mol. The predicted octanol–water partition coefficient (Wildman–Crippen LogP) is -1.95. The molecule has 0 saturated carbocycles. The van der Waals surface area contributed by atoms with Crippen LogP contribution in [0.4, 0.5) is 0 Å². The number of hydrogen-bond donors (Lipinski definition) is 12. The fourth-order valence-electron chi connectivity index (χ4n) is 7.26. The summed E-state index contributed by atoms with van der Waals surface area (Å²) in [5, 5.41) is 125. The van der Waals surface area contributed by atoms with Crippen molar-refractivity contribution in [3.8, 4) is 40.1 Å². The average Bonchev–Trinajstić information content (AvgIpc) is 3.27. The molecule has 0 unspecified atom stereocenters. The summed E-state index contributed by atoms with van der Waals surface area (Å²) >= 11 is 0. The summed E-state index contributed by atoms with van der Waals surface area (Å²) in [5.41, 5.74) is -0.934. The lowest BCUT2D eigenvalue weighted by Crippen LogP contribution is -2.64. The summed E-state index contributed by atoms with van der Waals surface area (Å²) in [7, 11) is 0. The van der Waals surface area contributed by atoms with E-state index in [1.54, 1.807) is 0 Å². The van der Waals surface area contributed by atoms with Crippen molar-refractivity contribution in [1.29, 1.82) is 0 Å². The van der Waals surface area contributed by atoms with E-state index in [0.717, 1.165) is 18.2 Å². The minimum Gasteiger partial charge on any atom is -0.508 e. The van der Waals surface area contributed by atoms with Crippen LogP contribution in [0, 0.1) is 0 Å². The van der Waals surface area contributed by atoms with E-state index in [2.05, 4.69) is 0 Å². The van der Waals surface area contributed by atoms with Crippen molar-refractivity contribution >= 4 is 23.0 Å². The molecule has 0 radical (unpaired) electrons. The summed E-state index contributed by atoms with van der Waals surface area (Å²) in [6.07, 6.45) is -23.6. The van der Waals surface area contributed by atoms with E-state index in [4.69, 9.17) is 37.6 Å². The first-order valence-corrected chi connectivity index (χ1v) is 19.7. The Morgan fingerprint density at radius 2 is 1.25 bits per heavy atom.